The van der Waals surface area contributed by atoms with Crippen molar-refractivity contribution in [2.45, 2.75) is 36.9 Å². The summed E-state index contributed by atoms with van der Waals surface area (Å²) in [5, 5.41) is 18.6. The first-order valence-electron chi connectivity index (χ1n) is 3.11. The van der Waals surface area contributed by atoms with Crippen molar-refractivity contribution in [2.24, 2.45) is 0 Å². The Balaban J connectivity index is 2.15. The Labute approximate surface area is 48.1 Å². The molecule has 0 amide bonds. The van der Waals surface area contributed by atoms with Crippen molar-refractivity contribution < 1.29 is 10.2 Å². The minimum absolute atomic E-state index is 0.646. The Hall–Kier alpha value is -0.0800. The predicted molar refractivity (Wildman–Crippen MR) is 28.4 cm³/mol. The van der Waals surface area contributed by atoms with Crippen LogP contribution in [-0.2, 0) is 0 Å². The summed E-state index contributed by atoms with van der Waals surface area (Å²) in [6.45, 7) is 0. The zero-order valence-electron chi connectivity index (χ0n) is 4.72. The summed E-state index contributed by atoms with van der Waals surface area (Å²) in [5.74, 6) is 0. The molecular formula is C6H10O2. The summed E-state index contributed by atoms with van der Waals surface area (Å²) in [7, 11) is 0. The van der Waals surface area contributed by atoms with Gasteiger partial charge in [-0.15, -0.1) is 0 Å². The van der Waals surface area contributed by atoms with E-state index in [4.69, 9.17) is 0 Å². The Kier molecular flexibility index (Phi) is 0.570. The van der Waals surface area contributed by atoms with E-state index in [0.29, 0.717) is 0 Å². The highest BCUT2D eigenvalue weighted by atomic mass is 16.4. The van der Waals surface area contributed by atoms with Crippen molar-refractivity contribution in [1.82, 2.24) is 0 Å². The molecule has 2 heteroatoms. The van der Waals surface area contributed by atoms with Crippen LogP contribution in [0.15, 0.2) is 0 Å². The van der Waals surface area contributed by atoms with Crippen molar-refractivity contribution in [3.63, 3.8) is 0 Å². The van der Waals surface area contributed by atoms with E-state index in [9.17, 15) is 10.2 Å². The van der Waals surface area contributed by atoms with Gasteiger partial charge in [0.25, 0.3) is 0 Å². The van der Waals surface area contributed by atoms with Crippen LogP contribution >= 0.6 is 0 Å². The SMILES string of the molecule is OC1(C2(O)CC2)CC1. The summed E-state index contributed by atoms with van der Waals surface area (Å²) in [5.41, 5.74) is -1.29. The van der Waals surface area contributed by atoms with Gasteiger partial charge in [0.2, 0.25) is 0 Å². The molecule has 2 saturated carbocycles. The minimum Gasteiger partial charge on any atom is -0.387 e. The molecule has 46 valence electrons. The van der Waals surface area contributed by atoms with Gasteiger partial charge in [-0.1, -0.05) is 0 Å². The third kappa shape index (κ3) is 0.400. The molecule has 0 heterocycles. The summed E-state index contributed by atoms with van der Waals surface area (Å²) in [6, 6.07) is 0. The number of rotatable bonds is 1. The zero-order chi connectivity index (χ0) is 5.83. The van der Waals surface area contributed by atoms with Crippen molar-refractivity contribution in [3.8, 4) is 0 Å². The maximum Gasteiger partial charge on any atom is 0.0935 e. The molecule has 0 saturated heterocycles. The van der Waals surface area contributed by atoms with E-state index in [1.54, 1.807) is 0 Å². The van der Waals surface area contributed by atoms with Crippen molar-refractivity contribution >= 4 is 0 Å². The normalized spacial score (nSPS) is 36.8. The molecule has 2 rings (SSSR count). The van der Waals surface area contributed by atoms with Gasteiger partial charge >= 0.3 is 0 Å². The van der Waals surface area contributed by atoms with Crippen LogP contribution in [0.5, 0.6) is 0 Å². The smallest absolute Gasteiger partial charge is 0.0935 e. The molecular weight excluding hydrogens is 104 g/mol. The molecule has 0 aromatic carbocycles. The van der Waals surface area contributed by atoms with Crippen LogP contribution in [0, 0.1) is 0 Å². The molecule has 2 N–H and O–H groups in total. The highest BCUT2D eigenvalue weighted by molar-refractivity contribution is 5.17. The van der Waals surface area contributed by atoms with Crippen molar-refractivity contribution in [2.75, 3.05) is 0 Å². The molecule has 0 aromatic rings. The van der Waals surface area contributed by atoms with E-state index in [0.717, 1.165) is 25.7 Å². The fourth-order valence-corrected chi connectivity index (χ4v) is 1.17. The lowest BCUT2D eigenvalue weighted by atomic mass is 10.1. The van der Waals surface area contributed by atoms with Crippen LogP contribution in [0.3, 0.4) is 0 Å². The standard InChI is InChI=1S/C6H10O2/c7-5(1-2-5)6(8)3-4-6/h7-8H,1-4H2. The van der Waals surface area contributed by atoms with Gasteiger partial charge in [0.1, 0.15) is 0 Å². The fourth-order valence-electron chi connectivity index (χ4n) is 1.17. The highest BCUT2D eigenvalue weighted by Gasteiger charge is 2.64. The molecule has 0 spiro atoms. The molecule has 2 nitrogen and oxygen atoms in total. The first-order valence-corrected chi connectivity index (χ1v) is 3.11. The second kappa shape index (κ2) is 0.957. The first-order chi connectivity index (χ1) is 3.66. The summed E-state index contributed by atoms with van der Waals surface area (Å²) in [4.78, 5) is 0. The number of hydrogen-bond acceptors (Lipinski definition) is 2. The van der Waals surface area contributed by atoms with Crippen molar-refractivity contribution in [1.29, 1.82) is 0 Å². The summed E-state index contributed by atoms with van der Waals surface area (Å²) in [6.07, 6.45) is 3.24. The van der Waals surface area contributed by atoms with Crippen LogP contribution in [0.2, 0.25) is 0 Å². The third-order valence-corrected chi connectivity index (χ3v) is 2.31. The van der Waals surface area contributed by atoms with Gasteiger partial charge in [0.05, 0.1) is 11.2 Å². The van der Waals surface area contributed by atoms with Gasteiger partial charge in [-0.2, -0.15) is 0 Å². The van der Waals surface area contributed by atoms with E-state index >= 15 is 0 Å². The molecule has 0 aliphatic heterocycles. The molecule has 0 aromatic heterocycles. The van der Waals surface area contributed by atoms with E-state index in [-0.39, 0.29) is 0 Å². The Morgan fingerprint density at radius 3 is 1.12 bits per heavy atom. The molecule has 0 atom stereocenters. The topological polar surface area (TPSA) is 40.5 Å². The van der Waals surface area contributed by atoms with E-state index in [1.165, 1.54) is 0 Å². The molecule has 0 bridgehead atoms. The average Bonchev–Trinajstić information content (AvgIpc) is 2.46. The molecule has 2 aliphatic rings. The molecule has 0 unspecified atom stereocenters. The third-order valence-electron chi connectivity index (χ3n) is 2.31. The number of aliphatic hydroxyl groups is 2. The Morgan fingerprint density at radius 1 is 0.750 bits per heavy atom. The Morgan fingerprint density at radius 2 is 1.00 bits per heavy atom. The van der Waals surface area contributed by atoms with E-state index in [2.05, 4.69) is 0 Å². The largest absolute Gasteiger partial charge is 0.387 e. The summed E-state index contributed by atoms with van der Waals surface area (Å²) >= 11 is 0. The zero-order valence-corrected chi connectivity index (χ0v) is 4.72. The monoisotopic (exact) mass is 114 g/mol. The van der Waals surface area contributed by atoms with Gasteiger partial charge in [0.15, 0.2) is 0 Å². The van der Waals surface area contributed by atoms with Gasteiger partial charge in [0, 0.05) is 0 Å². The van der Waals surface area contributed by atoms with Gasteiger partial charge < -0.3 is 10.2 Å². The highest BCUT2D eigenvalue weighted by Crippen LogP contribution is 2.56. The first kappa shape index (κ1) is 4.77. The summed E-state index contributed by atoms with van der Waals surface area (Å²) < 4.78 is 0. The van der Waals surface area contributed by atoms with Crippen molar-refractivity contribution in [3.05, 3.63) is 0 Å². The average molecular weight is 114 g/mol. The van der Waals surface area contributed by atoms with E-state index < -0.39 is 11.2 Å². The van der Waals surface area contributed by atoms with Crippen LogP contribution in [0.4, 0.5) is 0 Å². The molecule has 2 fully saturated rings. The Bertz CT molecular complexity index is 106. The second-order valence-electron chi connectivity index (χ2n) is 3.06. The van der Waals surface area contributed by atoms with Gasteiger partial charge in [-0.05, 0) is 25.7 Å². The minimum atomic E-state index is -0.646. The van der Waals surface area contributed by atoms with Gasteiger partial charge in [-0.3, -0.25) is 0 Å². The maximum atomic E-state index is 9.28. The number of hydrogen-bond donors (Lipinski definition) is 2. The van der Waals surface area contributed by atoms with Crippen LogP contribution in [-0.4, -0.2) is 21.4 Å². The predicted octanol–water partition coefficient (Wildman–Crippen LogP) is 0.0362. The van der Waals surface area contributed by atoms with E-state index in [1.807, 2.05) is 0 Å². The van der Waals surface area contributed by atoms with Crippen LogP contribution < -0.4 is 0 Å². The maximum absolute atomic E-state index is 9.28. The molecule has 2 aliphatic carbocycles. The second-order valence-corrected chi connectivity index (χ2v) is 3.06. The lowest BCUT2D eigenvalue weighted by molar-refractivity contribution is -0.0200. The lowest BCUT2D eigenvalue weighted by Gasteiger charge is -2.12. The molecule has 0 radical (unpaired) electrons. The molecule has 8 heavy (non-hydrogen) atoms. The van der Waals surface area contributed by atoms with Crippen LogP contribution in [0.1, 0.15) is 25.7 Å². The van der Waals surface area contributed by atoms with Gasteiger partial charge in [-0.25, -0.2) is 0 Å². The fraction of sp³-hybridized carbons (Fsp3) is 1.00. The lowest BCUT2D eigenvalue weighted by Crippen LogP contribution is -2.29. The quantitative estimate of drug-likeness (QED) is 0.505. The van der Waals surface area contributed by atoms with Crippen LogP contribution in [0.25, 0.3) is 0 Å².